The highest BCUT2D eigenvalue weighted by Crippen LogP contribution is 2.37. The minimum Gasteiger partial charge on any atom is -0.383 e. The molecule has 0 unspecified atom stereocenters. The summed E-state index contributed by atoms with van der Waals surface area (Å²) in [6, 6.07) is 19.9. The first-order chi connectivity index (χ1) is 17.6. The highest BCUT2D eigenvalue weighted by Gasteiger charge is 2.57. The summed E-state index contributed by atoms with van der Waals surface area (Å²) in [7, 11) is 1.63. The second-order valence-electron chi connectivity index (χ2n) is 9.56. The van der Waals surface area contributed by atoms with E-state index in [2.05, 4.69) is 16.2 Å². The van der Waals surface area contributed by atoms with E-state index >= 15 is 0 Å². The molecule has 0 saturated carbocycles. The van der Waals surface area contributed by atoms with Crippen LogP contribution in [0.3, 0.4) is 0 Å². The van der Waals surface area contributed by atoms with E-state index in [0.29, 0.717) is 39.0 Å². The van der Waals surface area contributed by atoms with Crippen molar-refractivity contribution in [2.75, 3.05) is 39.9 Å². The first-order valence-corrected chi connectivity index (χ1v) is 12.6. The van der Waals surface area contributed by atoms with Crippen molar-refractivity contribution in [1.82, 2.24) is 24.5 Å². The largest absolute Gasteiger partial charge is 0.383 e. The van der Waals surface area contributed by atoms with Crippen LogP contribution < -0.4 is 0 Å². The molecule has 2 aromatic carbocycles. The van der Waals surface area contributed by atoms with Crippen LogP contribution in [0.1, 0.15) is 24.0 Å². The van der Waals surface area contributed by atoms with Gasteiger partial charge in [0.05, 0.1) is 18.5 Å². The lowest BCUT2D eigenvalue weighted by Gasteiger charge is -2.42. The first kappa shape index (κ1) is 24.2. The summed E-state index contributed by atoms with van der Waals surface area (Å²) in [6.45, 7) is 3.48. The van der Waals surface area contributed by atoms with Gasteiger partial charge in [0.25, 0.3) is 5.91 Å². The Balaban J connectivity index is 1.25. The minimum atomic E-state index is -0.781. The maximum absolute atomic E-state index is 13.7. The monoisotopic (exact) mass is 487 g/mol. The summed E-state index contributed by atoms with van der Waals surface area (Å²) in [4.78, 5) is 32.7. The van der Waals surface area contributed by atoms with Crippen LogP contribution in [-0.2, 0) is 22.5 Å². The summed E-state index contributed by atoms with van der Waals surface area (Å²) >= 11 is 0. The van der Waals surface area contributed by atoms with Crippen LogP contribution in [0.5, 0.6) is 0 Å². The minimum absolute atomic E-state index is 0.0592. The fraction of sp³-hybridized carbons (Fsp3) is 0.393. The number of urea groups is 1. The van der Waals surface area contributed by atoms with Gasteiger partial charge in [-0.2, -0.15) is 5.10 Å². The second kappa shape index (κ2) is 10.6. The predicted octanol–water partition coefficient (Wildman–Crippen LogP) is 3.36. The summed E-state index contributed by atoms with van der Waals surface area (Å²) < 4.78 is 7.17. The van der Waals surface area contributed by atoms with Gasteiger partial charge >= 0.3 is 6.03 Å². The number of methoxy groups -OCH3 is 1. The average molecular weight is 488 g/mol. The van der Waals surface area contributed by atoms with Gasteiger partial charge in [-0.15, -0.1) is 0 Å². The topological polar surface area (TPSA) is 70.9 Å². The smallest absolute Gasteiger partial charge is 0.327 e. The number of para-hydroxylation sites is 1. The number of rotatable bonds is 9. The summed E-state index contributed by atoms with van der Waals surface area (Å²) in [5, 5.41) is 4.51. The number of nitrogens with zero attached hydrogens (tertiary/aromatic N) is 5. The van der Waals surface area contributed by atoms with Gasteiger partial charge in [-0.25, -0.2) is 9.48 Å². The molecular weight excluding hydrogens is 454 g/mol. The van der Waals surface area contributed by atoms with Crippen molar-refractivity contribution in [3.63, 3.8) is 0 Å². The van der Waals surface area contributed by atoms with Crippen LogP contribution in [0.25, 0.3) is 5.69 Å². The van der Waals surface area contributed by atoms with Crippen molar-refractivity contribution >= 4 is 11.9 Å². The Bertz CT molecular complexity index is 1170. The fourth-order valence-electron chi connectivity index (χ4n) is 5.34. The third kappa shape index (κ3) is 4.79. The number of imide groups is 1. The Labute approximate surface area is 212 Å². The zero-order valence-corrected chi connectivity index (χ0v) is 20.8. The Morgan fingerprint density at radius 1 is 0.917 bits per heavy atom. The number of hydrogen-bond acceptors (Lipinski definition) is 5. The van der Waals surface area contributed by atoms with Crippen LogP contribution in [0, 0.1) is 0 Å². The molecular formula is C28H33N5O3. The molecule has 1 spiro atoms. The molecule has 3 amide bonds. The molecule has 5 rings (SSSR count). The van der Waals surface area contributed by atoms with Gasteiger partial charge in [-0.1, -0.05) is 48.5 Å². The van der Waals surface area contributed by atoms with Crippen molar-refractivity contribution < 1.29 is 14.3 Å². The molecule has 2 aliphatic rings. The second-order valence-corrected chi connectivity index (χ2v) is 9.56. The molecule has 0 radical (unpaired) electrons. The molecule has 3 heterocycles. The molecule has 8 heteroatoms. The third-order valence-corrected chi connectivity index (χ3v) is 7.35. The molecule has 36 heavy (non-hydrogen) atoms. The van der Waals surface area contributed by atoms with Gasteiger partial charge in [0.15, 0.2) is 0 Å². The lowest BCUT2D eigenvalue weighted by atomic mass is 9.85. The lowest BCUT2D eigenvalue weighted by molar-refractivity contribution is -0.135. The molecule has 2 fully saturated rings. The van der Waals surface area contributed by atoms with Gasteiger partial charge in [0.1, 0.15) is 5.54 Å². The van der Waals surface area contributed by atoms with Crippen LogP contribution in [0.15, 0.2) is 73.1 Å². The maximum Gasteiger partial charge on any atom is 0.327 e. The molecule has 0 aliphatic carbocycles. The third-order valence-electron chi connectivity index (χ3n) is 7.35. The van der Waals surface area contributed by atoms with Crippen molar-refractivity contribution in [3.05, 3.63) is 84.2 Å². The van der Waals surface area contributed by atoms with Gasteiger partial charge < -0.3 is 9.64 Å². The van der Waals surface area contributed by atoms with E-state index in [9.17, 15) is 9.59 Å². The van der Waals surface area contributed by atoms with Crippen LogP contribution >= 0.6 is 0 Å². The zero-order valence-electron chi connectivity index (χ0n) is 20.8. The number of likely N-dealkylation sites (tertiary alicyclic amines) is 1. The normalized spacial score (nSPS) is 17.9. The van der Waals surface area contributed by atoms with E-state index in [-0.39, 0.29) is 11.9 Å². The fourth-order valence-corrected chi connectivity index (χ4v) is 5.34. The number of aromatic nitrogens is 2. The SMILES string of the molecule is COCCN1C(=O)N(CCc2ccccc2)C(=O)C12CCN(Cc1cnn(-c3ccccc3)c1)CC2. The highest BCUT2D eigenvalue weighted by atomic mass is 16.5. The summed E-state index contributed by atoms with van der Waals surface area (Å²) in [5.41, 5.74) is 2.50. The van der Waals surface area contributed by atoms with Crippen molar-refractivity contribution in [2.24, 2.45) is 0 Å². The Morgan fingerprint density at radius 3 is 2.31 bits per heavy atom. The van der Waals surface area contributed by atoms with E-state index in [1.165, 1.54) is 4.90 Å². The van der Waals surface area contributed by atoms with Crippen LogP contribution in [-0.4, -0.2) is 81.9 Å². The van der Waals surface area contributed by atoms with Gasteiger partial charge in [0.2, 0.25) is 0 Å². The molecule has 0 atom stereocenters. The molecule has 8 nitrogen and oxygen atoms in total. The quantitative estimate of drug-likeness (QED) is 0.433. The Hall–Kier alpha value is -3.49. The van der Waals surface area contributed by atoms with Gasteiger partial charge in [-0.3, -0.25) is 14.6 Å². The summed E-state index contributed by atoms with van der Waals surface area (Å²) in [6.07, 6.45) is 5.86. The van der Waals surface area contributed by atoms with E-state index in [0.717, 1.165) is 36.4 Å². The standard InChI is InChI=1S/C28H33N5O3/c1-36-19-18-32-27(35)31(15-12-23-8-4-2-5-9-23)26(34)28(32)13-16-30(17-14-28)21-24-20-29-33(22-24)25-10-6-3-7-11-25/h2-11,20,22H,12-19,21H2,1H3. The number of carbonyl (C=O) groups excluding carboxylic acids is 2. The number of piperidine rings is 1. The summed E-state index contributed by atoms with van der Waals surface area (Å²) in [5.74, 6) is -0.0592. The van der Waals surface area contributed by atoms with Crippen LogP contribution in [0.4, 0.5) is 4.79 Å². The van der Waals surface area contributed by atoms with E-state index in [1.54, 1.807) is 12.0 Å². The van der Waals surface area contributed by atoms with Gasteiger partial charge in [0, 0.05) is 51.6 Å². The van der Waals surface area contributed by atoms with E-state index < -0.39 is 5.54 Å². The lowest BCUT2D eigenvalue weighted by Crippen LogP contribution is -2.57. The molecule has 1 aromatic heterocycles. The molecule has 2 saturated heterocycles. The molecule has 2 aliphatic heterocycles. The average Bonchev–Trinajstić information content (AvgIpc) is 3.46. The number of ether oxygens (including phenoxy) is 1. The number of carbonyl (C=O) groups is 2. The van der Waals surface area contributed by atoms with Crippen molar-refractivity contribution in [1.29, 1.82) is 0 Å². The molecule has 188 valence electrons. The predicted molar refractivity (Wildman–Crippen MR) is 137 cm³/mol. The Kier molecular flexibility index (Phi) is 7.16. The van der Waals surface area contributed by atoms with Crippen molar-refractivity contribution in [3.8, 4) is 5.69 Å². The Morgan fingerprint density at radius 2 is 1.61 bits per heavy atom. The highest BCUT2D eigenvalue weighted by molar-refractivity contribution is 6.07. The number of benzene rings is 2. The van der Waals surface area contributed by atoms with E-state index in [1.807, 2.05) is 71.5 Å². The zero-order chi connectivity index (χ0) is 25.0. The maximum atomic E-state index is 13.7. The van der Waals surface area contributed by atoms with Crippen molar-refractivity contribution in [2.45, 2.75) is 31.3 Å². The molecule has 0 bridgehead atoms. The van der Waals surface area contributed by atoms with Gasteiger partial charge in [-0.05, 0) is 37.0 Å². The number of hydrogen-bond donors (Lipinski definition) is 0. The first-order valence-electron chi connectivity index (χ1n) is 12.6. The molecule has 3 aromatic rings. The van der Waals surface area contributed by atoms with Crippen LogP contribution in [0.2, 0.25) is 0 Å². The number of amides is 3. The molecule has 0 N–H and O–H groups in total. The van der Waals surface area contributed by atoms with E-state index in [4.69, 9.17) is 4.74 Å².